The Morgan fingerprint density at radius 2 is 1.73 bits per heavy atom. The van der Waals surface area contributed by atoms with Crippen LogP contribution in [0.3, 0.4) is 0 Å². The van der Waals surface area contributed by atoms with Crippen molar-refractivity contribution in [2.24, 2.45) is 0 Å². The van der Waals surface area contributed by atoms with Crippen molar-refractivity contribution in [1.82, 2.24) is 10.9 Å². The number of amides is 2. The molecule has 2 N–H and O–H groups in total. The third-order valence-corrected chi connectivity index (χ3v) is 6.64. The minimum absolute atomic E-state index is 0.219. The monoisotopic (exact) mass is 392 g/mol. The summed E-state index contributed by atoms with van der Waals surface area (Å²) in [6.45, 7) is -0.219. The molecule has 1 saturated heterocycles. The van der Waals surface area contributed by atoms with Crippen LogP contribution in [0.5, 0.6) is 5.75 Å². The summed E-state index contributed by atoms with van der Waals surface area (Å²) in [7, 11) is 0. The number of ether oxygens (including phenoxy) is 1. The van der Waals surface area contributed by atoms with Crippen molar-refractivity contribution < 1.29 is 18.7 Å². The van der Waals surface area contributed by atoms with E-state index in [0.29, 0.717) is 10.3 Å². The summed E-state index contributed by atoms with van der Waals surface area (Å²) >= 11 is 3.71. The lowest BCUT2D eigenvalue weighted by Crippen LogP contribution is -2.43. The lowest BCUT2D eigenvalue weighted by Gasteiger charge is -2.15. The zero-order valence-corrected chi connectivity index (χ0v) is 15.4. The molecule has 26 heavy (non-hydrogen) atoms. The molecule has 1 fully saturated rings. The Bertz CT molecular complexity index is 780. The molecule has 136 valence electrons. The number of halogens is 1. The third-order valence-electron chi connectivity index (χ3n) is 3.58. The first-order valence-corrected chi connectivity index (χ1v) is 10.0. The predicted octanol–water partition coefficient (Wildman–Crippen LogP) is 3.14. The quantitative estimate of drug-likeness (QED) is 0.766. The molecule has 0 aromatic heterocycles. The molecule has 0 spiro atoms. The van der Waals surface area contributed by atoms with Gasteiger partial charge in [-0.15, -0.1) is 23.5 Å². The highest BCUT2D eigenvalue weighted by Gasteiger charge is 2.21. The Morgan fingerprint density at radius 3 is 2.46 bits per heavy atom. The van der Waals surface area contributed by atoms with Crippen LogP contribution in [-0.2, 0) is 4.79 Å². The number of carbonyl (C=O) groups excluding carboxylic acids is 2. The fourth-order valence-corrected chi connectivity index (χ4v) is 5.23. The van der Waals surface area contributed by atoms with Gasteiger partial charge in [0.15, 0.2) is 6.61 Å². The van der Waals surface area contributed by atoms with E-state index in [1.54, 1.807) is 0 Å². The Morgan fingerprint density at radius 1 is 1.04 bits per heavy atom. The fraction of sp³-hybridized carbons (Fsp3) is 0.222. The summed E-state index contributed by atoms with van der Waals surface area (Å²) in [6.07, 6.45) is 0. The van der Waals surface area contributed by atoms with Crippen molar-refractivity contribution in [3.05, 3.63) is 65.5 Å². The minimum atomic E-state index is -0.530. The van der Waals surface area contributed by atoms with Gasteiger partial charge in [0.05, 0.1) is 4.58 Å². The van der Waals surface area contributed by atoms with Crippen LogP contribution in [0.15, 0.2) is 48.5 Å². The second-order valence-corrected chi connectivity index (χ2v) is 8.13. The van der Waals surface area contributed by atoms with Crippen LogP contribution in [0.1, 0.15) is 20.5 Å². The molecule has 2 amide bonds. The van der Waals surface area contributed by atoms with Crippen molar-refractivity contribution >= 4 is 35.3 Å². The van der Waals surface area contributed by atoms with Gasteiger partial charge in [-0.25, -0.2) is 4.39 Å². The summed E-state index contributed by atoms with van der Waals surface area (Å²) in [5.41, 5.74) is 5.86. The molecule has 1 aliphatic rings. The van der Waals surface area contributed by atoms with E-state index in [4.69, 9.17) is 4.74 Å². The Balaban J connectivity index is 1.50. The van der Waals surface area contributed by atoms with Gasteiger partial charge in [0.1, 0.15) is 11.6 Å². The maximum atomic E-state index is 12.8. The number of thioether (sulfide) groups is 2. The number of benzene rings is 2. The molecule has 1 aliphatic heterocycles. The topological polar surface area (TPSA) is 67.4 Å². The highest BCUT2D eigenvalue weighted by atomic mass is 32.2. The normalized spacial score (nSPS) is 14.0. The molecular formula is C18H17FN2O3S2. The second-order valence-electron chi connectivity index (χ2n) is 5.41. The SMILES string of the molecule is O=C(COc1ccccc1C1SCCS1)NNC(=O)c1ccc(F)cc1. The van der Waals surface area contributed by atoms with Crippen molar-refractivity contribution in [1.29, 1.82) is 0 Å². The lowest BCUT2D eigenvalue weighted by molar-refractivity contribution is -0.123. The van der Waals surface area contributed by atoms with Gasteiger partial charge in [0.25, 0.3) is 11.8 Å². The number of hydrogen-bond donors (Lipinski definition) is 2. The first-order valence-electron chi connectivity index (χ1n) is 7.93. The molecular weight excluding hydrogens is 375 g/mol. The number of nitrogens with one attached hydrogen (secondary N) is 2. The van der Waals surface area contributed by atoms with E-state index >= 15 is 0 Å². The fourth-order valence-electron chi connectivity index (χ4n) is 2.32. The molecule has 0 unspecified atom stereocenters. The molecule has 0 saturated carbocycles. The lowest BCUT2D eigenvalue weighted by atomic mass is 10.2. The first-order chi connectivity index (χ1) is 12.6. The largest absolute Gasteiger partial charge is 0.483 e. The van der Waals surface area contributed by atoms with Gasteiger partial charge in [-0.3, -0.25) is 20.4 Å². The van der Waals surface area contributed by atoms with Gasteiger partial charge in [-0.05, 0) is 30.3 Å². The predicted molar refractivity (Wildman–Crippen MR) is 102 cm³/mol. The van der Waals surface area contributed by atoms with Gasteiger partial charge in [-0.1, -0.05) is 18.2 Å². The molecule has 1 heterocycles. The number of para-hydroxylation sites is 1. The molecule has 2 aromatic carbocycles. The van der Waals surface area contributed by atoms with E-state index in [2.05, 4.69) is 10.9 Å². The van der Waals surface area contributed by atoms with Crippen LogP contribution < -0.4 is 15.6 Å². The van der Waals surface area contributed by atoms with Crippen LogP contribution >= 0.6 is 23.5 Å². The summed E-state index contributed by atoms with van der Waals surface area (Å²) in [4.78, 5) is 23.8. The summed E-state index contributed by atoms with van der Waals surface area (Å²) in [6, 6.07) is 12.7. The summed E-state index contributed by atoms with van der Waals surface area (Å²) < 4.78 is 18.8. The van der Waals surface area contributed by atoms with E-state index in [9.17, 15) is 14.0 Å². The Labute approximate surface area is 159 Å². The highest BCUT2D eigenvalue weighted by Crippen LogP contribution is 2.48. The Kier molecular flexibility index (Phi) is 6.40. The average Bonchev–Trinajstić information content (AvgIpc) is 3.20. The van der Waals surface area contributed by atoms with Crippen LogP contribution in [0, 0.1) is 5.82 Å². The number of hydrogen-bond acceptors (Lipinski definition) is 5. The first kappa shape index (κ1) is 18.6. The molecule has 0 radical (unpaired) electrons. The third kappa shape index (κ3) is 4.92. The second kappa shape index (κ2) is 8.95. The number of carbonyl (C=O) groups is 2. The standard InChI is InChI=1S/C18H17FN2O3S2/c19-13-7-5-12(6-8-13)17(23)21-20-16(22)11-24-15-4-2-1-3-14(15)18-25-9-10-26-18/h1-8,18H,9-11H2,(H,20,22)(H,21,23). The van der Waals surface area contributed by atoms with Crippen LogP contribution in [0.25, 0.3) is 0 Å². The van der Waals surface area contributed by atoms with Crippen LogP contribution in [-0.4, -0.2) is 29.9 Å². The molecule has 0 atom stereocenters. The molecule has 3 rings (SSSR count). The van der Waals surface area contributed by atoms with E-state index in [-0.39, 0.29) is 12.2 Å². The van der Waals surface area contributed by atoms with Gasteiger partial charge >= 0.3 is 0 Å². The summed E-state index contributed by atoms with van der Waals surface area (Å²) in [5.74, 6) is 1.41. The van der Waals surface area contributed by atoms with Crippen molar-refractivity contribution in [2.75, 3.05) is 18.1 Å². The van der Waals surface area contributed by atoms with E-state index < -0.39 is 17.6 Å². The van der Waals surface area contributed by atoms with Crippen molar-refractivity contribution in [2.45, 2.75) is 4.58 Å². The maximum Gasteiger partial charge on any atom is 0.276 e. The smallest absolute Gasteiger partial charge is 0.276 e. The Hall–Kier alpha value is -2.19. The number of hydrazine groups is 1. The van der Waals surface area contributed by atoms with Gasteiger partial charge < -0.3 is 4.74 Å². The molecule has 0 bridgehead atoms. The van der Waals surface area contributed by atoms with E-state index in [1.165, 1.54) is 24.3 Å². The number of rotatable bonds is 5. The van der Waals surface area contributed by atoms with Crippen LogP contribution in [0.2, 0.25) is 0 Å². The van der Waals surface area contributed by atoms with E-state index in [0.717, 1.165) is 17.1 Å². The zero-order valence-electron chi connectivity index (χ0n) is 13.7. The van der Waals surface area contributed by atoms with Crippen LogP contribution in [0.4, 0.5) is 4.39 Å². The van der Waals surface area contributed by atoms with E-state index in [1.807, 2.05) is 47.8 Å². The van der Waals surface area contributed by atoms with Gasteiger partial charge in [0.2, 0.25) is 0 Å². The van der Waals surface area contributed by atoms with Crippen molar-refractivity contribution in [3.8, 4) is 5.75 Å². The highest BCUT2D eigenvalue weighted by molar-refractivity contribution is 8.19. The zero-order chi connectivity index (χ0) is 18.4. The maximum absolute atomic E-state index is 12.8. The minimum Gasteiger partial charge on any atom is -0.483 e. The van der Waals surface area contributed by atoms with Gasteiger partial charge in [0, 0.05) is 22.6 Å². The molecule has 0 aliphatic carbocycles. The molecule has 5 nitrogen and oxygen atoms in total. The van der Waals surface area contributed by atoms with Crippen molar-refractivity contribution in [3.63, 3.8) is 0 Å². The summed E-state index contributed by atoms with van der Waals surface area (Å²) in [5, 5.41) is 0. The molecule has 8 heteroatoms. The molecule has 2 aromatic rings. The average molecular weight is 392 g/mol. The van der Waals surface area contributed by atoms with Gasteiger partial charge in [-0.2, -0.15) is 0 Å².